The van der Waals surface area contributed by atoms with Gasteiger partial charge in [-0.1, -0.05) is 32.0 Å². The average molecular weight is 264 g/mol. The van der Waals surface area contributed by atoms with E-state index in [0.29, 0.717) is 17.1 Å². The number of sulfonamides is 1. The molecule has 5 heteroatoms. The average Bonchev–Trinajstić information content (AvgIpc) is 2.26. The van der Waals surface area contributed by atoms with Crippen molar-refractivity contribution >= 4 is 26.6 Å². The monoisotopic (exact) mass is 264 g/mol. The van der Waals surface area contributed by atoms with Gasteiger partial charge in [-0.25, -0.2) is 8.42 Å². The van der Waals surface area contributed by atoms with Gasteiger partial charge in [-0.3, -0.25) is 9.71 Å². The number of anilines is 1. The normalized spacial score (nSPS) is 12.0. The highest BCUT2D eigenvalue weighted by atomic mass is 32.2. The number of fused-ring (bicyclic) bond motifs is 1. The molecule has 2 rings (SSSR count). The summed E-state index contributed by atoms with van der Waals surface area (Å²) < 4.78 is 25.1. The van der Waals surface area contributed by atoms with Crippen LogP contribution < -0.4 is 4.72 Å². The minimum atomic E-state index is -3.29. The molecule has 2 aromatic rings. The Morgan fingerprint density at radius 2 is 1.89 bits per heavy atom. The van der Waals surface area contributed by atoms with Crippen molar-refractivity contribution in [3.8, 4) is 0 Å². The molecule has 96 valence electrons. The fourth-order valence-corrected chi connectivity index (χ4v) is 2.33. The van der Waals surface area contributed by atoms with Crippen LogP contribution in [0.25, 0.3) is 10.9 Å². The number of hydrogen-bond donors (Lipinski definition) is 1. The van der Waals surface area contributed by atoms with Gasteiger partial charge in [0.05, 0.1) is 17.5 Å². The van der Waals surface area contributed by atoms with Crippen molar-refractivity contribution in [2.45, 2.75) is 19.8 Å². The number of rotatable bonds is 3. The summed E-state index contributed by atoms with van der Waals surface area (Å²) in [5, 5.41) is 0.924. The number of aromatic nitrogens is 1. The fraction of sp³-hybridized carbons (Fsp3) is 0.308. The topological polar surface area (TPSA) is 59.1 Å². The smallest absolute Gasteiger partial charge is 0.229 e. The van der Waals surface area contributed by atoms with Gasteiger partial charge in [-0.15, -0.1) is 0 Å². The predicted molar refractivity (Wildman–Crippen MR) is 74.3 cm³/mol. The van der Waals surface area contributed by atoms with Crippen molar-refractivity contribution in [2.24, 2.45) is 0 Å². The Hall–Kier alpha value is -1.62. The van der Waals surface area contributed by atoms with Crippen LogP contribution in [0.15, 0.2) is 30.3 Å². The van der Waals surface area contributed by atoms with Crippen LogP contribution in [0.4, 0.5) is 5.69 Å². The lowest BCUT2D eigenvalue weighted by Crippen LogP contribution is -2.10. The van der Waals surface area contributed by atoms with E-state index >= 15 is 0 Å². The lowest BCUT2D eigenvalue weighted by atomic mass is 10.1. The van der Waals surface area contributed by atoms with Gasteiger partial charge in [0.1, 0.15) is 0 Å². The van der Waals surface area contributed by atoms with E-state index in [2.05, 4.69) is 23.6 Å². The second-order valence-electron chi connectivity index (χ2n) is 4.64. The molecule has 1 aromatic carbocycles. The quantitative estimate of drug-likeness (QED) is 0.927. The summed E-state index contributed by atoms with van der Waals surface area (Å²) >= 11 is 0. The standard InChI is InChI=1S/C13H16N2O2S/c1-9(2)11-8-7-10-5-4-6-12(13(10)14-11)15-18(3,16)17/h4-9,15H,1-3H3. The number of nitrogens with zero attached hydrogens (tertiary/aromatic N) is 1. The van der Waals surface area contributed by atoms with Crippen molar-refractivity contribution < 1.29 is 8.42 Å². The third-order valence-electron chi connectivity index (χ3n) is 2.63. The molecular formula is C13H16N2O2S. The van der Waals surface area contributed by atoms with Crippen LogP contribution in [0.2, 0.25) is 0 Å². The van der Waals surface area contributed by atoms with Crippen molar-refractivity contribution in [1.29, 1.82) is 0 Å². The maximum atomic E-state index is 11.3. The molecule has 0 radical (unpaired) electrons. The van der Waals surface area contributed by atoms with Gasteiger partial charge < -0.3 is 0 Å². The SMILES string of the molecule is CC(C)c1ccc2cccc(NS(C)(=O)=O)c2n1. The second-order valence-corrected chi connectivity index (χ2v) is 6.39. The number of para-hydroxylation sites is 1. The molecule has 4 nitrogen and oxygen atoms in total. The van der Waals surface area contributed by atoms with Crippen molar-refractivity contribution in [3.63, 3.8) is 0 Å². The summed E-state index contributed by atoms with van der Waals surface area (Å²) in [5.74, 6) is 0.306. The van der Waals surface area contributed by atoms with E-state index in [0.717, 1.165) is 17.3 Å². The second kappa shape index (κ2) is 4.57. The van der Waals surface area contributed by atoms with Crippen LogP contribution in [-0.2, 0) is 10.0 Å². The van der Waals surface area contributed by atoms with Gasteiger partial charge in [0.15, 0.2) is 0 Å². The van der Waals surface area contributed by atoms with Gasteiger partial charge in [0, 0.05) is 11.1 Å². The number of pyridine rings is 1. The maximum Gasteiger partial charge on any atom is 0.229 e. The first-order chi connectivity index (χ1) is 8.37. The van der Waals surface area contributed by atoms with E-state index in [-0.39, 0.29) is 0 Å². The van der Waals surface area contributed by atoms with E-state index in [4.69, 9.17) is 0 Å². The Balaban J connectivity index is 2.62. The largest absolute Gasteiger partial charge is 0.282 e. The zero-order chi connectivity index (χ0) is 13.3. The molecule has 0 bridgehead atoms. The lowest BCUT2D eigenvalue weighted by molar-refractivity contribution is 0.607. The van der Waals surface area contributed by atoms with Crippen molar-refractivity contribution in [1.82, 2.24) is 4.98 Å². The van der Waals surface area contributed by atoms with E-state index in [9.17, 15) is 8.42 Å². The van der Waals surface area contributed by atoms with Crippen LogP contribution in [0.3, 0.4) is 0 Å². The minimum Gasteiger partial charge on any atom is -0.282 e. The summed E-state index contributed by atoms with van der Waals surface area (Å²) in [6.45, 7) is 4.11. The van der Waals surface area contributed by atoms with E-state index in [1.54, 1.807) is 6.07 Å². The highest BCUT2D eigenvalue weighted by molar-refractivity contribution is 7.92. The first kappa shape index (κ1) is 12.8. The summed E-state index contributed by atoms with van der Waals surface area (Å²) in [6, 6.07) is 9.38. The first-order valence-electron chi connectivity index (χ1n) is 5.74. The Kier molecular flexibility index (Phi) is 3.26. The fourth-order valence-electron chi connectivity index (χ4n) is 1.77. The summed E-state index contributed by atoms with van der Waals surface area (Å²) in [5.41, 5.74) is 2.16. The van der Waals surface area contributed by atoms with Crippen LogP contribution >= 0.6 is 0 Å². The zero-order valence-electron chi connectivity index (χ0n) is 10.6. The van der Waals surface area contributed by atoms with Gasteiger partial charge >= 0.3 is 0 Å². The Labute approximate surface area is 107 Å². The van der Waals surface area contributed by atoms with Crippen molar-refractivity contribution in [2.75, 3.05) is 11.0 Å². The molecule has 0 saturated carbocycles. The molecule has 0 atom stereocenters. The molecule has 0 aliphatic carbocycles. The highest BCUT2D eigenvalue weighted by Gasteiger charge is 2.09. The predicted octanol–water partition coefficient (Wildman–Crippen LogP) is 2.73. The molecule has 1 N–H and O–H groups in total. The molecular weight excluding hydrogens is 248 g/mol. The van der Waals surface area contributed by atoms with E-state index in [1.807, 2.05) is 24.3 Å². The van der Waals surface area contributed by atoms with E-state index < -0.39 is 10.0 Å². The van der Waals surface area contributed by atoms with Crippen LogP contribution in [0.5, 0.6) is 0 Å². The van der Waals surface area contributed by atoms with Crippen LogP contribution in [-0.4, -0.2) is 19.7 Å². The summed E-state index contributed by atoms with van der Waals surface area (Å²) in [6.07, 6.45) is 1.14. The Morgan fingerprint density at radius 1 is 1.17 bits per heavy atom. The van der Waals surface area contributed by atoms with Gasteiger partial charge in [0.25, 0.3) is 0 Å². The molecule has 0 aliphatic heterocycles. The third kappa shape index (κ3) is 2.79. The van der Waals surface area contributed by atoms with Crippen LogP contribution in [0, 0.1) is 0 Å². The minimum absolute atomic E-state index is 0.306. The maximum absolute atomic E-state index is 11.3. The highest BCUT2D eigenvalue weighted by Crippen LogP contribution is 2.24. The molecule has 1 heterocycles. The third-order valence-corrected chi connectivity index (χ3v) is 3.22. The molecule has 0 fully saturated rings. The summed E-state index contributed by atoms with van der Waals surface area (Å²) in [4.78, 5) is 4.53. The van der Waals surface area contributed by atoms with Gasteiger partial charge in [-0.2, -0.15) is 0 Å². The Morgan fingerprint density at radius 3 is 2.50 bits per heavy atom. The Bertz CT molecular complexity index is 678. The van der Waals surface area contributed by atoms with Gasteiger partial charge in [-0.05, 0) is 18.1 Å². The van der Waals surface area contributed by atoms with E-state index in [1.165, 1.54) is 0 Å². The molecule has 0 spiro atoms. The van der Waals surface area contributed by atoms with Gasteiger partial charge in [0.2, 0.25) is 10.0 Å². The molecule has 0 unspecified atom stereocenters. The van der Waals surface area contributed by atoms with Crippen LogP contribution in [0.1, 0.15) is 25.5 Å². The number of nitrogens with one attached hydrogen (secondary N) is 1. The lowest BCUT2D eigenvalue weighted by Gasteiger charge is -2.10. The molecule has 18 heavy (non-hydrogen) atoms. The zero-order valence-corrected chi connectivity index (χ0v) is 11.5. The molecule has 1 aromatic heterocycles. The molecule has 0 amide bonds. The summed E-state index contributed by atoms with van der Waals surface area (Å²) in [7, 11) is -3.29. The van der Waals surface area contributed by atoms with Crippen molar-refractivity contribution in [3.05, 3.63) is 36.0 Å². The first-order valence-corrected chi connectivity index (χ1v) is 7.63. The number of hydrogen-bond acceptors (Lipinski definition) is 3. The molecule has 0 saturated heterocycles. The number of benzene rings is 1. The molecule has 0 aliphatic rings.